The van der Waals surface area contributed by atoms with Crippen molar-refractivity contribution >= 4 is 12.7 Å². The molecule has 0 unspecified atom stereocenters. The lowest BCUT2D eigenvalue weighted by Crippen LogP contribution is -2.38. The monoisotopic (exact) mass is 180 g/mol. The zero-order chi connectivity index (χ0) is 9.47. The molecule has 1 fully saturated rings. The van der Waals surface area contributed by atoms with E-state index < -0.39 is 0 Å². The molecule has 2 rings (SSSR count). The smallest absolute Gasteiger partial charge is 0.403 e. The first kappa shape index (κ1) is 8.78. The first-order valence-electron chi connectivity index (χ1n) is 4.36. The fraction of sp³-hybridized carbons (Fsp3) is 0.625. The standard InChI is InChI=1S/C8H13BN2O2/c1-8(2)6-12-9(13-8)7-4-5-10-11(7)3/h4-5H,6H2,1-3H3. The van der Waals surface area contributed by atoms with Gasteiger partial charge in [-0.25, -0.2) is 0 Å². The van der Waals surface area contributed by atoms with Gasteiger partial charge in [0.2, 0.25) is 0 Å². The minimum Gasteiger partial charge on any atom is -0.403 e. The predicted molar refractivity (Wildman–Crippen MR) is 49.7 cm³/mol. The third-order valence-electron chi connectivity index (χ3n) is 2.11. The van der Waals surface area contributed by atoms with Crippen molar-refractivity contribution < 1.29 is 9.31 Å². The van der Waals surface area contributed by atoms with Crippen LogP contribution in [0.25, 0.3) is 0 Å². The van der Waals surface area contributed by atoms with E-state index in [0.29, 0.717) is 6.61 Å². The van der Waals surface area contributed by atoms with Gasteiger partial charge in [0.05, 0.1) is 17.8 Å². The molecule has 0 atom stereocenters. The Hall–Kier alpha value is -0.805. The quantitative estimate of drug-likeness (QED) is 0.568. The lowest BCUT2D eigenvalue weighted by molar-refractivity contribution is 0.137. The second-order valence-electron chi connectivity index (χ2n) is 3.90. The average molecular weight is 180 g/mol. The molecule has 4 nitrogen and oxygen atoms in total. The van der Waals surface area contributed by atoms with E-state index in [2.05, 4.69) is 5.10 Å². The first-order valence-corrected chi connectivity index (χ1v) is 4.36. The molecule has 1 aromatic heterocycles. The molecule has 0 N–H and O–H groups in total. The van der Waals surface area contributed by atoms with Crippen molar-refractivity contribution in [2.75, 3.05) is 6.61 Å². The minimum atomic E-state index is -0.262. The molecule has 1 aliphatic heterocycles. The Morgan fingerprint density at radius 1 is 1.62 bits per heavy atom. The Morgan fingerprint density at radius 2 is 2.38 bits per heavy atom. The molecule has 0 radical (unpaired) electrons. The van der Waals surface area contributed by atoms with E-state index >= 15 is 0 Å². The van der Waals surface area contributed by atoms with Gasteiger partial charge in [-0.1, -0.05) is 0 Å². The Bertz CT molecular complexity index is 311. The summed E-state index contributed by atoms with van der Waals surface area (Å²) < 4.78 is 13.0. The largest absolute Gasteiger partial charge is 0.513 e. The maximum absolute atomic E-state index is 5.69. The normalized spacial score (nSPS) is 21.0. The van der Waals surface area contributed by atoms with Crippen molar-refractivity contribution in [3.05, 3.63) is 12.3 Å². The van der Waals surface area contributed by atoms with E-state index in [1.165, 1.54) is 0 Å². The van der Waals surface area contributed by atoms with Gasteiger partial charge in [0.25, 0.3) is 0 Å². The molecule has 0 amide bonds. The highest BCUT2D eigenvalue weighted by atomic mass is 16.7. The Labute approximate surface area is 78.0 Å². The number of rotatable bonds is 1. The van der Waals surface area contributed by atoms with Crippen LogP contribution in [-0.4, -0.2) is 29.1 Å². The van der Waals surface area contributed by atoms with Crippen LogP contribution in [-0.2, 0) is 16.4 Å². The molecule has 0 saturated carbocycles. The summed E-state index contributed by atoms with van der Waals surface area (Å²) in [6.45, 7) is 4.66. The van der Waals surface area contributed by atoms with Gasteiger partial charge in [0.15, 0.2) is 0 Å². The van der Waals surface area contributed by atoms with Gasteiger partial charge in [-0.15, -0.1) is 0 Å². The minimum absolute atomic E-state index is 0.186. The summed E-state index contributed by atoms with van der Waals surface area (Å²) in [7, 11) is 1.62. The molecule has 2 heterocycles. The molecule has 1 aliphatic rings. The second-order valence-corrected chi connectivity index (χ2v) is 3.90. The summed E-state index contributed by atoms with van der Waals surface area (Å²) >= 11 is 0. The van der Waals surface area contributed by atoms with Crippen molar-refractivity contribution in [3.63, 3.8) is 0 Å². The van der Waals surface area contributed by atoms with Crippen molar-refractivity contribution in [1.29, 1.82) is 0 Å². The predicted octanol–water partition coefficient (Wildman–Crippen LogP) is -0.0593. The Morgan fingerprint density at radius 3 is 2.85 bits per heavy atom. The second kappa shape index (κ2) is 2.85. The van der Waals surface area contributed by atoms with Gasteiger partial charge < -0.3 is 9.31 Å². The maximum Gasteiger partial charge on any atom is 0.513 e. The molecule has 0 spiro atoms. The summed E-state index contributed by atoms with van der Waals surface area (Å²) in [5.41, 5.74) is 0.778. The lowest BCUT2D eigenvalue weighted by atomic mass is 9.85. The van der Waals surface area contributed by atoms with E-state index in [1.54, 1.807) is 10.9 Å². The van der Waals surface area contributed by atoms with Crippen molar-refractivity contribution in [3.8, 4) is 0 Å². The molecule has 70 valence electrons. The molecule has 13 heavy (non-hydrogen) atoms. The summed E-state index contributed by atoms with van der Waals surface area (Å²) in [6, 6.07) is 1.91. The summed E-state index contributed by atoms with van der Waals surface area (Å²) in [6.07, 6.45) is 1.74. The topological polar surface area (TPSA) is 36.3 Å². The van der Waals surface area contributed by atoms with E-state index in [4.69, 9.17) is 9.31 Å². The van der Waals surface area contributed by atoms with E-state index in [-0.39, 0.29) is 12.7 Å². The Balaban J connectivity index is 2.17. The van der Waals surface area contributed by atoms with Crippen LogP contribution < -0.4 is 5.59 Å². The number of nitrogens with zero attached hydrogens (tertiary/aromatic N) is 2. The van der Waals surface area contributed by atoms with Crippen molar-refractivity contribution in [2.45, 2.75) is 19.4 Å². The van der Waals surface area contributed by atoms with Crippen LogP contribution in [0, 0.1) is 0 Å². The summed E-state index contributed by atoms with van der Waals surface area (Å²) in [4.78, 5) is 0. The van der Waals surface area contributed by atoms with Crippen LogP contribution >= 0.6 is 0 Å². The van der Waals surface area contributed by atoms with Gasteiger partial charge in [0.1, 0.15) is 0 Å². The van der Waals surface area contributed by atoms with Gasteiger partial charge in [0, 0.05) is 13.2 Å². The summed E-state index contributed by atoms with van der Waals surface area (Å²) in [5.74, 6) is 0. The van der Waals surface area contributed by atoms with Gasteiger partial charge in [-0.05, 0) is 19.9 Å². The van der Waals surface area contributed by atoms with Crippen LogP contribution in [0.15, 0.2) is 12.3 Å². The highest BCUT2D eigenvalue weighted by molar-refractivity contribution is 6.61. The van der Waals surface area contributed by atoms with Crippen LogP contribution in [0.5, 0.6) is 0 Å². The van der Waals surface area contributed by atoms with Gasteiger partial charge in [-0.2, -0.15) is 5.10 Å². The lowest BCUT2D eigenvalue weighted by Gasteiger charge is -2.15. The van der Waals surface area contributed by atoms with E-state index in [0.717, 1.165) is 5.59 Å². The SMILES string of the molecule is Cn1nccc1B1OCC(C)(C)O1. The fourth-order valence-electron chi connectivity index (χ4n) is 1.40. The van der Waals surface area contributed by atoms with Crippen LogP contribution in [0.1, 0.15) is 13.8 Å². The van der Waals surface area contributed by atoms with Crippen LogP contribution in [0.4, 0.5) is 0 Å². The van der Waals surface area contributed by atoms with Crippen LogP contribution in [0.3, 0.4) is 0 Å². The average Bonchev–Trinajstić information content (AvgIpc) is 2.56. The molecular formula is C8H13BN2O2. The Kier molecular flexibility index (Phi) is 1.93. The molecule has 1 aromatic rings. The van der Waals surface area contributed by atoms with E-state index in [9.17, 15) is 0 Å². The highest BCUT2D eigenvalue weighted by Gasteiger charge is 2.39. The molecule has 0 bridgehead atoms. The van der Waals surface area contributed by atoms with Gasteiger partial charge in [-0.3, -0.25) is 4.68 Å². The zero-order valence-electron chi connectivity index (χ0n) is 8.15. The number of hydrogen-bond acceptors (Lipinski definition) is 3. The van der Waals surface area contributed by atoms with Crippen LogP contribution in [0.2, 0.25) is 0 Å². The van der Waals surface area contributed by atoms with Gasteiger partial charge >= 0.3 is 7.12 Å². The molecule has 5 heteroatoms. The number of hydrogen-bond donors (Lipinski definition) is 0. The summed E-state index contributed by atoms with van der Waals surface area (Å²) in [5, 5.41) is 4.07. The van der Waals surface area contributed by atoms with E-state index in [1.807, 2.05) is 27.0 Å². The number of aryl methyl sites for hydroxylation is 1. The third-order valence-corrected chi connectivity index (χ3v) is 2.11. The molecule has 0 aromatic carbocycles. The maximum atomic E-state index is 5.69. The highest BCUT2D eigenvalue weighted by Crippen LogP contribution is 2.18. The zero-order valence-corrected chi connectivity index (χ0v) is 8.15. The fourth-order valence-corrected chi connectivity index (χ4v) is 1.40. The molecular weight excluding hydrogens is 167 g/mol. The molecule has 1 saturated heterocycles. The molecule has 0 aliphatic carbocycles. The third kappa shape index (κ3) is 1.62. The van der Waals surface area contributed by atoms with Crippen molar-refractivity contribution in [2.24, 2.45) is 7.05 Å². The number of aromatic nitrogens is 2. The van der Waals surface area contributed by atoms with Crippen molar-refractivity contribution in [1.82, 2.24) is 9.78 Å². The first-order chi connectivity index (χ1) is 6.08.